The Morgan fingerprint density at radius 3 is 2.39 bits per heavy atom. The number of carbonyl (C=O) groups excluding carboxylic acids is 1. The number of hydrogen-bond donors (Lipinski definition) is 2. The summed E-state index contributed by atoms with van der Waals surface area (Å²) in [5, 5.41) is 14.0. The van der Waals surface area contributed by atoms with Gasteiger partial charge in [0.05, 0.1) is 16.8 Å². The van der Waals surface area contributed by atoms with Crippen molar-refractivity contribution in [3.05, 3.63) is 65.7 Å². The number of aromatic carboxylic acids is 1. The van der Waals surface area contributed by atoms with Crippen LogP contribution in [0.3, 0.4) is 0 Å². The molecule has 33 heavy (non-hydrogen) atoms. The van der Waals surface area contributed by atoms with Gasteiger partial charge in [0.2, 0.25) is 5.91 Å². The van der Waals surface area contributed by atoms with E-state index in [2.05, 4.69) is 10.2 Å². The SMILES string of the molecule is CCNCCC(=O)N1CCN(Cc2c(-c3ccccc3)nc3ccccc3c2C(=O)O)CC1. The summed E-state index contributed by atoms with van der Waals surface area (Å²) in [6.45, 7) is 6.75. The predicted molar refractivity (Wildman–Crippen MR) is 129 cm³/mol. The Morgan fingerprint density at radius 2 is 1.70 bits per heavy atom. The number of carboxylic acid groups (broad SMARTS) is 1. The van der Waals surface area contributed by atoms with E-state index in [0.29, 0.717) is 67.8 Å². The molecule has 0 saturated carbocycles. The van der Waals surface area contributed by atoms with Crippen molar-refractivity contribution in [2.24, 2.45) is 0 Å². The van der Waals surface area contributed by atoms with Gasteiger partial charge in [-0.15, -0.1) is 0 Å². The number of para-hydroxylation sites is 1. The van der Waals surface area contributed by atoms with E-state index >= 15 is 0 Å². The normalized spacial score (nSPS) is 14.5. The van der Waals surface area contributed by atoms with Gasteiger partial charge in [-0.1, -0.05) is 55.5 Å². The van der Waals surface area contributed by atoms with Gasteiger partial charge in [0, 0.05) is 62.2 Å². The van der Waals surface area contributed by atoms with Crippen molar-refractivity contribution in [1.82, 2.24) is 20.1 Å². The molecule has 0 unspecified atom stereocenters. The van der Waals surface area contributed by atoms with Crippen LogP contribution in [0, 0.1) is 0 Å². The number of hydrogen-bond acceptors (Lipinski definition) is 5. The van der Waals surface area contributed by atoms with Gasteiger partial charge < -0.3 is 15.3 Å². The van der Waals surface area contributed by atoms with Gasteiger partial charge in [-0.25, -0.2) is 9.78 Å². The topological polar surface area (TPSA) is 85.8 Å². The van der Waals surface area contributed by atoms with Crippen LogP contribution < -0.4 is 5.32 Å². The number of aromatic nitrogens is 1. The maximum Gasteiger partial charge on any atom is 0.336 e. The first-order chi connectivity index (χ1) is 16.1. The first-order valence-electron chi connectivity index (χ1n) is 11.5. The van der Waals surface area contributed by atoms with Crippen LogP contribution in [0.5, 0.6) is 0 Å². The van der Waals surface area contributed by atoms with E-state index < -0.39 is 5.97 Å². The summed E-state index contributed by atoms with van der Waals surface area (Å²) in [7, 11) is 0. The lowest BCUT2D eigenvalue weighted by Gasteiger charge is -2.35. The van der Waals surface area contributed by atoms with Crippen LogP contribution in [0.15, 0.2) is 54.6 Å². The predicted octanol–water partition coefficient (Wildman–Crippen LogP) is 3.24. The Kier molecular flexibility index (Phi) is 7.32. The lowest BCUT2D eigenvalue weighted by Crippen LogP contribution is -2.48. The quantitative estimate of drug-likeness (QED) is 0.517. The molecule has 2 N–H and O–H groups in total. The fourth-order valence-electron chi connectivity index (χ4n) is 4.39. The Hall–Kier alpha value is -3.29. The number of rotatable bonds is 8. The third-order valence-electron chi connectivity index (χ3n) is 6.13. The van der Waals surface area contributed by atoms with Gasteiger partial charge in [0.25, 0.3) is 0 Å². The van der Waals surface area contributed by atoms with Crippen molar-refractivity contribution in [2.45, 2.75) is 19.9 Å². The van der Waals surface area contributed by atoms with Gasteiger partial charge in [-0.2, -0.15) is 0 Å². The molecule has 1 saturated heterocycles. The number of nitrogens with zero attached hydrogens (tertiary/aromatic N) is 3. The molecule has 2 aromatic carbocycles. The van der Waals surface area contributed by atoms with Gasteiger partial charge in [0.15, 0.2) is 0 Å². The third-order valence-corrected chi connectivity index (χ3v) is 6.13. The summed E-state index contributed by atoms with van der Waals surface area (Å²) in [6.07, 6.45) is 0.504. The van der Waals surface area contributed by atoms with Crippen LogP contribution in [-0.2, 0) is 11.3 Å². The summed E-state index contributed by atoms with van der Waals surface area (Å²) in [6, 6.07) is 17.2. The Balaban J connectivity index is 1.62. The second kappa shape index (κ2) is 10.6. The van der Waals surface area contributed by atoms with Crippen molar-refractivity contribution in [3.8, 4) is 11.3 Å². The lowest BCUT2D eigenvalue weighted by molar-refractivity contribution is -0.132. The van der Waals surface area contributed by atoms with Crippen LogP contribution >= 0.6 is 0 Å². The monoisotopic (exact) mass is 446 g/mol. The molecule has 1 aromatic heterocycles. The number of fused-ring (bicyclic) bond motifs is 1. The van der Waals surface area contributed by atoms with Crippen molar-refractivity contribution >= 4 is 22.8 Å². The molecule has 0 atom stereocenters. The number of pyridine rings is 1. The number of carboxylic acids is 1. The Bertz CT molecular complexity index is 1130. The third kappa shape index (κ3) is 5.21. The van der Waals surface area contributed by atoms with Crippen LogP contribution in [0.2, 0.25) is 0 Å². The second-order valence-electron chi connectivity index (χ2n) is 8.26. The maximum atomic E-state index is 12.4. The highest BCUT2D eigenvalue weighted by molar-refractivity contribution is 6.05. The largest absolute Gasteiger partial charge is 0.478 e. The molecule has 7 nitrogen and oxygen atoms in total. The second-order valence-corrected chi connectivity index (χ2v) is 8.26. The zero-order valence-electron chi connectivity index (χ0n) is 19.0. The summed E-state index contributed by atoms with van der Waals surface area (Å²) in [5.41, 5.74) is 3.31. The van der Waals surface area contributed by atoms with Crippen LogP contribution in [0.1, 0.15) is 29.3 Å². The average molecular weight is 447 g/mol. The smallest absolute Gasteiger partial charge is 0.336 e. The molecule has 1 aliphatic rings. The van der Waals surface area contributed by atoms with E-state index in [0.717, 1.165) is 17.7 Å². The summed E-state index contributed by atoms with van der Waals surface area (Å²) < 4.78 is 0. The molecule has 172 valence electrons. The van der Waals surface area contributed by atoms with Crippen molar-refractivity contribution in [1.29, 1.82) is 0 Å². The molecule has 0 aliphatic carbocycles. The van der Waals surface area contributed by atoms with E-state index in [4.69, 9.17) is 4.98 Å². The molecule has 4 rings (SSSR count). The highest BCUT2D eigenvalue weighted by Crippen LogP contribution is 2.31. The maximum absolute atomic E-state index is 12.4. The van der Waals surface area contributed by atoms with Gasteiger partial charge in [-0.05, 0) is 12.6 Å². The molecular weight excluding hydrogens is 416 g/mol. The minimum Gasteiger partial charge on any atom is -0.478 e. The van der Waals surface area contributed by atoms with Gasteiger partial charge >= 0.3 is 5.97 Å². The average Bonchev–Trinajstić information content (AvgIpc) is 2.84. The molecule has 2 heterocycles. The van der Waals surface area contributed by atoms with E-state index in [9.17, 15) is 14.7 Å². The molecule has 0 spiro atoms. The zero-order chi connectivity index (χ0) is 23.2. The molecule has 7 heteroatoms. The van der Waals surface area contributed by atoms with Crippen LogP contribution in [0.4, 0.5) is 0 Å². The minimum atomic E-state index is -0.946. The summed E-state index contributed by atoms with van der Waals surface area (Å²) in [5.74, 6) is -0.780. The van der Waals surface area contributed by atoms with Gasteiger partial charge in [-0.3, -0.25) is 9.69 Å². The molecular formula is C26H30N4O3. The first kappa shape index (κ1) is 22.9. The number of benzene rings is 2. The van der Waals surface area contributed by atoms with Crippen molar-refractivity contribution < 1.29 is 14.7 Å². The van der Waals surface area contributed by atoms with E-state index in [-0.39, 0.29) is 5.91 Å². The summed E-state index contributed by atoms with van der Waals surface area (Å²) in [4.78, 5) is 33.9. The zero-order valence-corrected chi connectivity index (χ0v) is 19.0. The number of piperazine rings is 1. The fraction of sp³-hybridized carbons (Fsp3) is 0.346. The first-order valence-corrected chi connectivity index (χ1v) is 11.5. The Morgan fingerprint density at radius 1 is 1.00 bits per heavy atom. The number of carbonyl (C=O) groups is 2. The van der Waals surface area contributed by atoms with E-state index in [1.165, 1.54) is 0 Å². The molecule has 1 amide bonds. The molecule has 0 bridgehead atoms. The fourth-order valence-corrected chi connectivity index (χ4v) is 4.39. The molecule has 1 aliphatic heterocycles. The summed E-state index contributed by atoms with van der Waals surface area (Å²) >= 11 is 0. The Labute approximate surface area is 194 Å². The van der Waals surface area contributed by atoms with Crippen LogP contribution in [0.25, 0.3) is 22.2 Å². The highest BCUT2D eigenvalue weighted by atomic mass is 16.4. The number of nitrogens with one attached hydrogen (secondary N) is 1. The standard InChI is InChI=1S/C26H30N4O3/c1-2-27-13-12-23(31)30-16-14-29(15-17-30)18-21-24(26(32)33)20-10-6-7-11-22(20)28-25(21)19-8-4-3-5-9-19/h3-11,27H,2,12-18H2,1H3,(H,32,33). The molecule has 1 fully saturated rings. The minimum absolute atomic E-state index is 0.166. The van der Waals surface area contributed by atoms with Crippen molar-refractivity contribution in [3.63, 3.8) is 0 Å². The van der Waals surface area contributed by atoms with Crippen molar-refractivity contribution in [2.75, 3.05) is 39.3 Å². The number of amides is 1. The molecule has 3 aromatic rings. The molecule has 0 radical (unpaired) electrons. The van der Waals surface area contributed by atoms with Crippen LogP contribution in [-0.4, -0.2) is 71.0 Å². The van der Waals surface area contributed by atoms with Gasteiger partial charge in [0.1, 0.15) is 0 Å². The van der Waals surface area contributed by atoms with E-state index in [1.807, 2.05) is 66.4 Å². The lowest BCUT2D eigenvalue weighted by atomic mass is 9.96. The highest BCUT2D eigenvalue weighted by Gasteiger charge is 2.26. The van der Waals surface area contributed by atoms with E-state index in [1.54, 1.807) is 0 Å².